The van der Waals surface area contributed by atoms with Crippen LogP contribution in [0.25, 0.3) is 0 Å². The van der Waals surface area contributed by atoms with Gasteiger partial charge in [-0.25, -0.2) is 0 Å². The molecule has 0 aromatic heterocycles. The highest BCUT2D eigenvalue weighted by atomic mass is 16.1. The van der Waals surface area contributed by atoms with E-state index in [1.807, 2.05) is 18.2 Å². The van der Waals surface area contributed by atoms with E-state index in [4.69, 9.17) is 0 Å². The van der Waals surface area contributed by atoms with Crippen molar-refractivity contribution < 1.29 is 4.79 Å². The van der Waals surface area contributed by atoms with Crippen molar-refractivity contribution in [3.05, 3.63) is 49.1 Å². The first-order valence-corrected chi connectivity index (χ1v) is 6.05. The van der Waals surface area contributed by atoms with Crippen molar-refractivity contribution in [3.63, 3.8) is 0 Å². The summed E-state index contributed by atoms with van der Waals surface area (Å²) in [4.78, 5) is 11.3. The summed E-state index contributed by atoms with van der Waals surface area (Å²) in [7, 11) is 0. The molecule has 17 heavy (non-hydrogen) atoms. The number of hydrogen-bond acceptors (Lipinski definition) is 1. The summed E-state index contributed by atoms with van der Waals surface area (Å²) in [6.45, 7) is 8.46. The molecule has 0 aliphatic rings. The fraction of sp³-hybridized carbons (Fsp3) is 0.400. The predicted octanol–water partition coefficient (Wildman–Crippen LogP) is 3.39. The van der Waals surface area contributed by atoms with Gasteiger partial charge in [0, 0.05) is 12.6 Å². The van der Waals surface area contributed by atoms with Crippen LogP contribution in [0.3, 0.4) is 0 Å². The molecule has 0 saturated heterocycles. The summed E-state index contributed by atoms with van der Waals surface area (Å²) in [5.74, 6) is 0.453. The molecule has 2 nitrogen and oxygen atoms in total. The Kier molecular flexibility index (Phi) is 9.92. The molecule has 0 heterocycles. The van der Waals surface area contributed by atoms with Crippen LogP contribution in [0.2, 0.25) is 0 Å². The van der Waals surface area contributed by atoms with Crippen molar-refractivity contribution in [1.82, 2.24) is 5.32 Å². The molecule has 94 valence electrons. The Morgan fingerprint density at radius 1 is 1.18 bits per heavy atom. The van der Waals surface area contributed by atoms with E-state index < -0.39 is 0 Å². The van der Waals surface area contributed by atoms with Crippen molar-refractivity contribution in [2.24, 2.45) is 5.92 Å². The second-order valence-electron chi connectivity index (χ2n) is 4.17. The maximum Gasteiger partial charge on any atom is 0.243 e. The molecule has 0 aliphatic heterocycles. The van der Waals surface area contributed by atoms with Gasteiger partial charge in [-0.1, -0.05) is 56.9 Å². The molecule has 1 amide bonds. The van der Waals surface area contributed by atoms with Gasteiger partial charge in [0.1, 0.15) is 0 Å². The van der Waals surface area contributed by atoms with Gasteiger partial charge in [0.15, 0.2) is 0 Å². The van der Waals surface area contributed by atoms with Crippen LogP contribution in [-0.2, 0) is 4.79 Å². The third-order valence-electron chi connectivity index (χ3n) is 1.95. The number of amides is 1. The average molecular weight is 233 g/mol. The van der Waals surface area contributed by atoms with Gasteiger partial charge in [-0.15, -0.1) is 0 Å². The summed E-state index contributed by atoms with van der Waals surface area (Å²) >= 11 is 0. The van der Waals surface area contributed by atoms with Crippen molar-refractivity contribution in [2.45, 2.75) is 26.7 Å². The molecule has 1 N–H and O–H groups in total. The Bertz CT molecular complexity index is 298. The molecule has 0 aromatic rings. The first kappa shape index (κ1) is 15.4. The Hall–Kier alpha value is -1.57. The van der Waals surface area contributed by atoms with Crippen LogP contribution >= 0.6 is 0 Å². The monoisotopic (exact) mass is 233 g/mol. The molecular formula is C15H23NO. The molecule has 0 unspecified atom stereocenters. The lowest BCUT2D eigenvalue weighted by Crippen LogP contribution is -2.25. The number of hydrogen-bond donors (Lipinski definition) is 1. The number of carbonyl (C=O) groups excluding carboxylic acids is 1. The lowest BCUT2D eigenvalue weighted by Gasteiger charge is -2.03. The molecule has 0 bridgehead atoms. The number of carbonyl (C=O) groups is 1. The normalized spacial score (nSPS) is 11.9. The van der Waals surface area contributed by atoms with Crippen molar-refractivity contribution in [3.8, 4) is 0 Å². The average Bonchev–Trinajstić information content (AvgIpc) is 2.30. The lowest BCUT2D eigenvalue weighted by atomic mass is 10.2. The molecule has 0 aliphatic carbocycles. The number of allylic oxidation sites excluding steroid dienone is 6. The van der Waals surface area contributed by atoms with Gasteiger partial charge in [0.25, 0.3) is 0 Å². The summed E-state index contributed by atoms with van der Waals surface area (Å²) in [5.41, 5.74) is 0. The Morgan fingerprint density at radius 2 is 1.82 bits per heavy atom. The number of rotatable bonds is 8. The van der Waals surface area contributed by atoms with E-state index in [2.05, 4.69) is 31.8 Å². The van der Waals surface area contributed by atoms with Crippen LogP contribution in [0.1, 0.15) is 26.7 Å². The van der Waals surface area contributed by atoms with E-state index >= 15 is 0 Å². The molecule has 0 radical (unpaired) electrons. The van der Waals surface area contributed by atoms with E-state index in [1.165, 1.54) is 0 Å². The molecule has 0 aromatic carbocycles. The summed E-state index contributed by atoms with van der Waals surface area (Å²) in [5, 5.41) is 2.82. The van der Waals surface area contributed by atoms with E-state index in [9.17, 15) is 4.79 Å². The SMILES string of the molecule is C=C/C=C/CC/C=C/C=C/C(=O)NCC(C)C. The Balaban J connectivity index is 3.64. The van der Waals surface area contributed by atoms with Crippen LogP contribution in [-0.4, -0.2) is 12.5 Å². The lowest BCUT2D eigenvalue weighted by molar-refractivity contribution is -0.116. The van der Waals surface area contributed by atoms with Gasteiger partial charge in [0.05, 0.1) is 0 Å². The van der Waals surface area contributed by atoms with Crippen LogP contribution in [0, 0.1) is 5.92 Å². The maximum absolute atomic E-state index is 11.3. The Labute approximate surface area is 105 Å². The first-order chi connectivity index (χ1) is 8.16. The summed E-state index contributed by atoms with van der Waals surface area (Å²) in [6, 6.07) is 0. The molecule has 0 spiro atoms. The van der Waals surface area contributed by atoms with Gasteiger partial charge in [-0.3, -0.25) is 4.79 Å². The zero-order valence-electron chi connectivity index (χ0n) is 10.9. The van der Waals surface area contributed by atoms with Crippen LogP contribution < -0.4 is 5.32 Å². The fourth-order valence-corrected chi connectivity index (χ4v) is 1.07. The van der Waals surface area contributed by atoms with E-state index in [0.717, 1.165) is 19.4 Å². The topological polar surface area (TPSA) is 29.1 Å². The maximum atomic E-state index is 11.3. The van der Waals surface area contributed by atoms with Crippen molar-refractivity contribution in [1.29, 1.82) is 0 Å². The van der Waals surface area contributed by atoms with Gasteiger partial charge in [-0.05, 0) is 18.8 Å². The highest BCUT2D eigenvalue weighted by Crippen LogP contribution is 1.93. The molecule has 0 fully saturated rings. The van der Waals surface area contributed by atoms with Crippen molar-refractivity contribution >= 4 is 5.91 Å². The van der Waals surface area contributed by atoms with Crippen molar-refractivity contribution in [2.75, 3.05) is 6.54 Å². The predicted molar refractivity (Wildman–Crippen MR) is 74.7 cm³/mol. The summed E-state index contributed by atoms with van der Waals surface area (Å²) in [6.07, 6.45) is 15.0. The largest absolute Gasteiger partial charge is 0.352 e. The van der Waals surface area contributed by atoms with Crippen LogP contribution in [0.15, 0.2) is 49.1 Å². The first-order valence-electron chi connectivity index (χ1n) is 6.05. The second-order valence-corrected chi connectivity index (χ2v) is 4.17. The zero-order valence-corrected chi connectivity index (χ0v) is 10.9. The third kappa shape index (κ3) is 12.4. The third-order valence-corrected chi connectivity index (χ3v) is 1.95. The fourth-order valence-electron chi connectivity index (χ4n) is 1.07. The molecule has 0 saturated carbocycles. The molecule has 0 rings (SSSR count). The molecule has 2 heteroatoms. The second kappa shape index (κ2) is 10.9. The number of unbranched alkanes of at least 4 members (excludes halogenated alkanes) is 1. The smallest absolute Gasteiger partial charge is 0.243 e. The minimum absolute atomic E-state index is 0.0325. The minimum atomic E-state index is -0.0325. The standard InChI is InChI=1S/C15H23NO/c1-4-5-6-7-8-9-10-11-12-15(17)16-13-14(2)3/h4-6,9-12,14H,1,7-8,13H2,2-3H3,(H,16,17)/b6-5+,10-9+,12-11+. The minimum Gasteiger partial charge on any atom is -0.352 e. The molecular weight excluding hydrogens is 210 g/mol. The molecule has 0 atom stereocenters. The quantitative estimate of drug-likeness (QED) is 0.388. The van der Waals surface area contributed by atoms with Crippen LogP contribution in [0.5, 0.6) is 0 Å². The van der Waals surface area contributed by atoms with Crippen LogP contribution in [0.4, 0.5) is 0 Å². The van der Waals surface area contributed by atoms with E-state index in [1.54, 1.807) is 18.2 Å². The van der Waals surface area contributed by atoms with E-state index in [0.29, 0.717) is 5.92 Å². The highest BCUT2D eigenvalue weighted by molar-refractivity contribution is 5.87. The van der Waals surface area contributed by atoms with E-state index in [-0.39, 0.29) is 5.91 Å². The highest BCUT2D eigenvalue weighted by Gasteiger charge is 1.95. The Morgan fingerprint density at radius 3 is 2.41 bits per heavy atom. The van der Waals surface area contributed by atoms with Gasteiger partial charge >= 0.3 is 0 Å². The van der Waals surface area contributed by atoms with Gasteiger partial charge in [-0.2, -0.15) is 0 Å². The van der Waals surface area contributed by atoms with Gasteiger partial charge < -0.3 is 5.32 Å². The van der Waals surface area contributed by atoms with Gasteiger partial charge in [0.2, 0.25) is 5.91 Å². The number of nitrogens with one attached hydrogen (secondary N) is 1. The zero-order chi connectivity index (χ0) is 12.9. The summed E-state index contributed by atoms with van der Waals surface area (Å²) < 4.78 is 0.